The van der Waals surface area contributed by atoms with Crippen molar-refractivity contribution in [2.75, 3.05) is 17.7 Å². The fourth-order valence-corrected chi connectivity index (χ4v) is 5.40. The number of nitrogens with one attached hydrogen (secondary N) is 2. The monoisotopic (exact) mass is 582 g/mol. The molecule has 0 spiro atoms. The number of methoxy groups -OCH3 is 1. The van der Waals surface area contributed by atoms with Gasteiger partial charge < -0.3 is 15.4 Å². The molecule has 0 unspecified atom stereocenters. The quantitative estimate of drug-likeness (QED) is 0.239. The van der Waals surface area contributed by atoms with E-state index in [1.165, 1.54) is 30.5 Å². The van der Waals surface area contributed by atoms with E-state index in [0.29, 0.717) is 12.1 Å². The summed E-state index contributed by atoms with van der Waals surface area (Å²) in [5.41, 5.74) is 1.53. The molecule has 208 valence electrons. The van der Waals surface area contributed by atoms with Crippen LogP contribution in [-0.4, -0.2) is 36.7 Å². The van der Waals surface area contributed by atoms with E-state index in [-0.39, 0.29) is 39.2 Å². The minimum Gasteiger partial charge on any atom is -0.497 e. The molecule has 0 bridgehead atoms. The molecule has 0 aliphatic carbocycles. The molecule has 2 N–H and O–H groups in total. The molecule has 0 saturated heterocycles. The van der Waals surface area contributed by atoms with Gasteiger partial charge in [-0.05, 0) is 55.3 Å². The van der Waals surface area contributed by atoms with Crippen LogP contribution < -0.4 is 15.4 Å². The van der Waals surface area contributed by atoms with Crippen LogP contribution in [0.5, 0.6) is 5.75 Å². The molecule has 0 aliphatic heterocycles. The largest absolute Gasteiger partial charge is 0.497 e. The van der Waals surface area contributed by atoms with E-state index in [2.05, 4.69) is 20.6 Å². The molecule has 0 saturated carbocycles. The van der Waals surface area contributed by atoms with Gasteiger partial charge in [0.1, 0.15) is 11.6 Å². The number of aromatic nitrogens is 2. The average Bonchev–Trinajstić information content (AvgIpc) is 2.94. The summed E-state index contributed by atoms with van der Waals surface area (Å²) < 4.78 is 45.7. The molecule has 4 aromatic rings. The summed E-state index contributed by atoms with van der Waals surface area (Å²) >= 11 is 6.10. The van der Waals surface area contributed by atoms with Crippen molar-refractivity contribution >= 4 is 39.0 Å². The molecule has 3 aromatic carbocycles. The van der Waals surface area contributed by atoms with Crippen molar-refractivity contribution in [3.63, 3.8) is 0 Å². The first-order chi connectivity index (χ1) is 19.1. The van der Waals surface area contributed by atoms with E-state index in [1.807, 2.05) is 24.3 Å². The van der Waals surface area contributed by atoms with Crippen LogP contribution in [0.2, 0.25) is 5.02 Å². The van der Waals surface area contributed by atoms with Gasteiger partial charge in [-0.25, -0.2) is 22.8 Å². The molecule has 0 aliphatic rings. The highest BCUT2D eigenvalue weighted by Crippen LogP contribution is 2.27. The van der Waals surface area contributed by atoms with E-state index in [9.17, 15) is 17.6 Å². The summed E-state index contributed by atoms with van der Waals surface area (Å²) in [6.45, 7) is 3.60. The van der Waals surface area contributed by atoms with Gasteiger partial charge in [0.15, 0.2) is 9.84 Å². The van der Waals surface area contributed by atoms with E-state index in [0.717, 1.165) is 11.3 Å². The molecule has 0 fully saturated rings. The molecular formula is C29H28ClFN4O4S. The lowest BCUT2D eigenvalue weighted by Crippen LogP contribution is -2.19. The second-order valence-corrected chi connectivity index (χ2v) is 12.1. The van der Waals surface area contributed by atoms with Crippen LogP contribution in [0.4, 0.5) is 16.0 Å². The Balaban J connectivity index is 1.70. The van der Waals surface area contributed by atoms with Gasteiger partial charge in [-0.15, -0.1) is 0 Å². The number of para-hydroxylation sites is 1. The number of carbonyl (C=O) groups is 1. The second-order valence-electron chi connectivity index (χ2n) is 9.18. The van der Waals surface area contributed by atoms with Gasteiger partial charge in [-0.2, -0.15) is 0 Å². The van der Waals surface area contributed by atoms with Gasteiger partial charge in [0, 0.05) is 19.2 Å². The Labute approximate surface area is 237 Å². The predicted octanol–water partition coefficient (Wildman–Crippen LogP) is 5.92. The first kappa shape index (κ1) is 29.0. The fourth-order valence-electron chi connectivity index (χ4n) is 3.91. The minimum absolute atomic E-state index is 0.00954. The first-order valence-corrected chi connectivity index (χ1v) is 14.3. The highest BCUT2D eigenvalue weighted by atomic mass is 35.5. The molecule has 40 heavy (non-hydrogen) atoms. The molecule has 4 rings (SSSR count). The standard InChI is InChI=1S/C29H28ClFN4O4S/c1-18(2)40(37,38)26-10-5-4-7-20(26)15-25-22(28(36)35-27-23(30)8-6-9-24(27)31)17-33-29(34-25)32-16-19-11-13-21(39-3)14-12-19/h4-14,17-18H,15-16H2,1-3H3,(H,35,36)(H,32,33,34). The van der Waals surface area contributed by atoms with Crippen molar-refractivity contribution in [3.05, 3.63) is 106 Å². The number of ether oxygens (including phenoxy) is 1. The van der Waals surface area contributed by atoms with Gasteiger partial charge >= 0.3 is 0 Å². The second kappa shape index (κ2) is 12.4. The van der Waals surface area contributed by atoms with Crippen molar-refractivity contribution in [1.82, 2.24) is 9.97 Å². The Morgan fingerprint density at radius 3 is 2.45 bits per heavy atom. The van der Waals surface area contributed by atoms with E-state index in [1.54, 1.807) is 39.2 Å². The molecule has 1 amide bonds. The van der Waals surface area contributed by atoms with Gasteiger partial charge in [0.05, 0.1) is 39.2 Å². The Kier molecular flexibility index (Phi) is 9.01. The first-order valence-electron chi connectivity index (χ1n) is 12.4. The highest BCUT2D eigenvalue weighted by molar-refractivity contribution is 7.92. The van der Waals surface area contributed by atoms with Crippen molar-refractivity contribution in [2.45, 2.75) is 37.0 Å². The van der Waals surface area contributed by atoms with E-state index in [4.69, 9.17) is 16.3 Å². The Hall–Kier alpha value is -4.02. The van der Waals surface area contributed by atoms with Crippen molar-refractivity contribution in [3.8, 4) is 5.75 Å². The summed E-state index contributed by atoms with van der Waals surface area (Å²) in [5.74, 6) is -0.430. The Morgan fingerprint density at radius 1 is 1.05 bits per heavy atom. The Morgan fingerprint density at radius 2 is 1.77 bits per heavy atom. The maximum atomic E-state index is 14.4. The van der Waals surface area contributed by atoms with Crippen LogP contribution in [0.15, 0.2) is 77.8 Å². The number of carbonyl (C=O) groups excluding carboxylic acids is 1. The number of benzene rings is 3. The smallest absolute Gasteiger partial charge is 0.259 e. The molecule has 0 radical (unpaired) electrons. The zero-order valence-electron chi connectivity index (χ0n) is 22.1. The maximum absolute atomic E-state index is 14.4. The third-order valence-corrected chi connectivity index (χ3v) is 8.75. The zero-order valence-corrected chi connectivity index (χ0v) is 23.7. The topological polar surface area (TPSA) is 110 Å². The van der Waals surface area contributed by atoms with Crippen molar-refractivity contribution in [2.24, 2.45) is 0 Å². The van der Waals surface area contributed by atoms with Crippen LogP contribution in [0.3, 0.4) is 0 Å². The Bertz CT molecular complexity index is 1610. The molecule has 1 aromatic heterocycles. The lowest BCUT2D eigenvalue weighted by atomic mass is 10.1. The van der Waals surface area contributed by atoms with Crippen LogP contribution in [0.1, 0.15) is 41.0 Å². The third kappa shape index (κ3) is 6.57. The van der Waals surface area contributed by atoms with Crippen LogP contribution in [0, 0.1) is 5.82 Å². The number of anilines is 2. The highest BCUT2D eigenvalue weighted by Gasteiger charge is 2.24. The maximum Gasteiger partial charge on any atom is 0.259 e. The lowest BCUT2D eigenvalue weighted by molar-refractivity contribution is 0.102. The van der Waals surface area contributed by atoms with Gasteiger partial charge in [0.25, 0.3) is 5.91 Å². The lowest BCUT2D eigenvalue weighted by Gasteiger charge is -2.16. The van der Waals surface area contributed by atoms with Gasteiger partial charge in [-0.1, -0.05) is 48.0 Å². The number of amides is 1. The number of halogens is 2. The normalized spacial score (nSPS) is 11.3. The minimum atomic E-state index is -3.62. The van der Waals surface area contributed by atoms with E-state index < -0.39 is 26.8 Å². The zero-order chi connectivity index (χ0) is 28.9. The molecule has 0 atom stereocenters. The summed E-state index contributed by atoms with van der Waals surface area (Å²) in [7, 11) is -2.03. The SMILES string of the molecule is COc1ccc(CNc2ncc(C(=O)Nc3c(F)cccc3Cl)c(Cc3ccccc3S(=O)(=O)C(C)C)n2)cc1. The average molecular weight is 583 g/mol. The molecule has 1 heterocycles. The number of nitrogens with zero attached hydrogens (tertiary/aromatic N) is 2. The van der Waals surface area contributed by atoms with Crippen molar-refractivity contribution in [1.29, 1.82) is 0 Å². The summed E-state index contributed by atoms with van der Waals surface area (Å²) in [5, 5.41) is 5.01. The third-order valence-electron chi connectivity index (χ3n) is 6.18. The van der Waals surface area contributed by atoms with Crippen LogP contribution in [0.25, 0.3) is 0 Å². The fraction of sp³-hybridized carbons (Fsp3) is 0.207. The summed E-state index contributed by atoms with van der Waals surface area (Å²) in [4.78, 5) is 22.3. The van der Waals surface area contributed by atoms with Crippen LogP contribution in [-0.2, 0) is 22.8 Å². The number of hydrogen-bond donors (Lipinski definition) is 2. The molecule has 11 heteroatoms. The molecular weight excluding hydrogens is 555 g/mol. The number of hydrogen-bond acceptors (Lipinski definition) is 7. The van der Waals surface area contributed by atoms with Crippen LogP contribution >= 0.6 is 11.6 Å². The summed E-state index contributed by atoms with van der Waals surface area (Å²) in [6.07, 6.45) is 1.33. The van der Waals surface area contributed by atoms with E-state index >= 15 is 0 Å². The van der Waals surface area contributed by atoms with Crippen molar-refractivity contribution < 1.29 is 22.3 Å². The van der Waals surface area contributed by atoms with Gasteiger partial charge in [0.2, 0.25) is 5.95 Å². The molecule has 8 nitrogen and oxygen atoms in total. The number of rotatable bonds is 10. The van der Waals surface area contributed by atoms with Gasteiger partial charge in [-0.3, -0.25) is 4.79 Å². The number of sulfone groups is 1. The predicted molar refractivity (Wildman–Crippen MR) is 153 cm³/mol. The summed E-state index contributed by atoms with van der Waals surface area (Å²) in [6, 6.07) is 18.1.